The van der Waals surface area contributed by atoms with Crippen molar-refractivity contribution in [2.24, 2.45) is 17.8 Å². The summed E-state index contributed by atoms with van der Waals surface area (Å²) in [6.07, 6.45) is 0. The van der Waals surface area contributed by atoms with Gasteiger partial charge in [-0.1, -0.05) is 43.6 Å². The van der Waals surface area contributed by atoms with Crippen molar-refractivity contribution < 1.29 is 19.1 Å². The van der Waals surface area contributed by atoms with Gasteiger partial charge in [0, 0.05) is 22.3 Å². The highest BCUT2D eigenvalue weighted by Crippen LogP contribution is 2.55. The third-order valence-electron chi connectivity index (χ3n) is 6.66. The van der Waals surface area contributed by atoms with E-state index >= 15 is 0 Å². The molecule has 160 valence electrons. The summed E-state index contributed by atoms with van der Waals surface area (Å²) in [4.78, 5) is 42.0. The predicted molar refractivity (Wildman–Crippen MR) is 116 cm³/mol. The molecule has 2 fully saturated rings. The minimum absolute atomic E-state index is 0.0189. The first kappa shape index (κ1) is 20.0. The minimum atomic E-state index is -1.30. The molecule has 2 aromatic carbocycles. The molecule has 31 heavy (non-hydrogen) atoms. The van der Waals surface area contributed by atoms with Gasteiger partial charge in [-0.2, -0.15) is 0 Å². The van der Waals surface area contributed by atoms with E-state index in [9.17, 15) is 14.4 Å². The van der Waals surface area contributed by atoms with E-state index in [0.717, 1.165) is 4.90 Å². The normalized spacial score (nSPS) is 29.0. The van der Waals surface area contributed by atoms with E-state index in [1.165, 1.54) is 7.11 Å². The molecule has 0 aromatic heterocycles. The second-order valence-electron chi connectivity index (χ2n) is 8.55. The summed E-state index contributed by atoms with van der Waals surface area (Å²) in [6, 6.07) is 11.8. The summed E-state index contributed by atoms with van der Waals surface area (Å²) < 4.78 is 5.40. The largest absolute Gasteiger partial charge is 0.495 e. The first-order chi connectivity index (χ1) is 14.8. The molecule has 3 amide bonds. The number of amides is 3. The molecule has 5 rings (SSSR count). The van der Waals surface area contributed by atoms with Crippen molar-refractivity contribution in [1.29, 1.82) is 0 Å². The van der Waals surface area contributed by atoms with Crippen LogP contribution in [0.15, 0.2) is 42.5 Å². The average Bonchev–Trinajstić information content (AvgIpc) is 3.33. The summed E-state index contributed by atoms with van der Waals surface area (Å²) in [5.74, 6) is -2.27. The third-order valence-corrected chi connectivity index (χ3v) is 6.89. The number of para-hydroxylation sites is 1. The summed E-state index contributed by atoms with van der Waals surface area (Å²) in [5.41, 5.74) is 0.342. The average molecular weight is 440 g/mol. The Hall–Kier alpha value is -2.90. The lowest BCUT2D eigenvalue weighted by molar-refractivity contribution is -0.130. The van der Waals surface area contributed by atoms with Crippen molar-refractivity contribution in [3.05, 3.63) is 53.1 Å². The van der Waals surface area contributed by atoms with Crippen molar-refractivity contribution in [2.45, 2.75) is 25.4 Å². The van der Waals surface area contributed by atoms with Crippen LogP contribution in [0.2, 0.25) is 5.02 Å². The maximum atomic E-state index is 13.8. The maximum absolute atomic E-state index is 13.8. The monoisotopic (exact) mass is 439 g/mol. The quantitative estimate of drug-likeness (QED) is 0.718. The van der Waals surface area contributed by atoms with Crippen LogP contribution in [0.4, 0.5) is 11.4 Å². The smallest absolute Gasteiger partial charge is 0.250 e. The topological polar surface area (TPSA) is 87.7 Å². The van der Waals surface area contributed by atoms with E-state index in [-0.39, 0.29) is 23.8 Å². The number of nitrogens with zero attached hydrogens (tertiary/aromatic N) is 1. The molecule has 0 unspecified atom stereocenters. The molecule has 0 saturated carbocycles. The predicted octanol–water partition coefficient (Wildman–Crippen LogP) is 2.93. The van der Waals surface area contributed by atoms with Crippen LogP contribution in [0, 0.1) is 17.8 Å². The number of hydrogen-bond donors (Lipinski definition) is 2. The van der Waals surface area contributed by atoms with E-state index in [0.29, 0.717) is 27.7 Å². The van der Waals surface area contributed by atoms with E-state index in [2.05, 4.69) is 10.6 Å². The number of halogens is 1. The number of benzene rings is 2. The molecule has 2 saturated heterocycles. The molecule has 2 N–H and O–H groups in total. The number of hydrogen-bond acceptors (Lipinski definition) is 5. The number of carbonyl (C=O) groups is 3. The Morgan fingerprint density at radius 3 is 2.55 bits per heavy atom. The van der Waals surface area contributed by atoms with Gasteiger partial charge in [0.05, 0.1) is 24.6 Å². The van der Waals surface area contributed by atoms with Gasteiger partial charge in [-0.3, -0.25) is 19.7 Å². The summed E-state index contributed by atoms with van der Waals surface area (Å²) in [6.45, 7) is 3.96. The van der Waals surface area contributed by atoms with Crippen molar-refractivity contribution >= 4 is 40.7 Å². The fourth-order valence-corrected chi connectivity index (χ4v) is 5.51. The van der Waals surface area contributed by atoms with Gasteiger partial charge in [-0.15, -0.1) is 0 Å². The summed E-state index contributed by atoms with van der Waals surface area (Å²) >= 11 is 6.18. The number of fused-ring (bicyclic) bond motifs is 4. The van der Waals surface area contributed by atoms with E-state index in [4.69, 9.17) is 16.3 Å². The minimum Gasteiger partial charge on any atom is -0.495 e. The second kappa shape index (κ2) is 6.80. The standard InChI is InChI=1S/C23H22ClN3O4/c1-11(2)19-17-18(23(26-19)13-6-4-5-7-14(13)25-22(23)30)21(29)27(20(17)28)15-10-12(24)8-9-16(15)31-3/h4-11,17-19,26H,1-3H3,(H,25,30)/t17-,18+,19+,23+/m1/s1. The molecule has 1 spiro atoms. The fraction of sp³-hybridized carbons (Fsp3) is 0.348. The van der Waals surface area contributed by atoms with Crippen LogP contribution in [0.25, 0.3) is 0 Å². The van der Waals surface area contributed by atoms with E-state index in [1.807, 2.05) is 32.0 Å². The Morgan fingerprint density at radius 1 is 1.10 bits per heavy atom. The number of ether oxygens (including phenoxy) is 1. The molecule has 0 bridgehead atoms. The van der Waals surface area contributed by atoms with Crippen LogP contribution in [0.3, 0.4) is 0 Å². The van der Waals surface area contributed by atoms with Crippen molar-refractivity contribution in [1.82, 2.24) is 5.32 Å². The highest BCUT2D eigenvalue weighted by atomic mass is 35.5. The molecule has 3 heterocycles. The maximum Gasteiger partial charge on any atom is 0.250 e. The Balaban J connectivity index is 1.71. The zero-order chi connectivity index (χ0) is 22.1. The molecular weight excluding hydrogens is 418 g/mol. The number of nitrogens with one attached hydrogen (secondary N) is 2. The fourth-order valence-electron chi connectivity index (χ4n) is 5.34. The lowest BCUT2D eigenvalue weighted by Crippen LogP contribution is -2.54. The zero-order valence-electron chi connectivity index (χ0n) is 17.3. The van der Waals surface area contributed by atoms with E-state index in [1.54, 1.807) is 24.3 Å². The van der Waals surface area contributed by atoms with Crippen LogP contribution < -0.4 is 20.3 Å². The number of carbonyl (C=O) groups excluding carboxylic acids is 3. The van der Waals surface area contributed by atoms with Crippen LogP contribution in [-0.4, -0.2) is 30.9 Å². The summed E-state index contributed by atoms with van der Waals surface area (Å²) in [5, 5.41) is 6.68. The van der Waals surface area contributed by atoms with Gasteiger partial charge in [0.2, 0.25) is 17.7 Å². The lowest BCUT2D eigenvalue weighted by atomic mass is 9.76. The third kappa shape index (κ3) is 2.53. The Morgan fingerprint density at radius 2 is 1.84 bits per heavy atom. The molecular formula is C23H22ClN3O4. The first-order valence-corrected chi connectivity index (χ1v) is 10.6. The van der Waals surface area contributed by atoms with E-state index < -0.39 is 23.3 Å². The molecule has 3 aliphatic rings. The van der Waals surface area contributed by atoms with Gasteiger partial charge in [0.25, 0.3) is 0 Å². The number of methoxy groups -OCH3 is 1. The van der Waals surface area contributed by atoms with Crippen LogP contribution >= 0.6 is 11.6 Å². The van der Waals surface area contributed by atoms with Gasteiger partial charge in [-0.05, 0) is 30.2 Å². The Labute approximate surface area is 184 Å². The highest BCUT2D eigenvalue weighted by molar-refractivity contribution is 6.32. The molecule has 2 aromatic rings. The number of anilines is 2. The number of imide groups is 1. The van der Waals surface area contributed by atoms with Crippen LogP contribution in [0.1, 0.15) is 19.4 Å². The zero-order valence-corrected chi connectivity index (χ0v) is 18.1. The number of rotatable bonds is 3. The first-order valence-electron chi connectivity index (χ1n) is 10.2. The van der Waals surface area contributed by atoms with Gasteiger partial charge in [0.15, 0.2) is 0 Å². The molecule has 4 atom stereocenters. The molecule has 3 aliphatic heterocycles. The Kier molecular flexibility index (Phi) is 4.39. The van der Waals surface area contributed by atoms with Gasteiger partial charge < -0.3 is 10.1 Å². The summed E-state index contributed by atoms with van der Waals surface area (Å²) in [7, 11) is 1.47. The Bertz CT molecular complexity index is 1130. The molecule has 7 nitrogen and oxygen atoms in total. The second-order valence-corrected chi connectivity index (χ2v) is 8.99. The molecule has 8 heteroatoms. The van der Waals surface area contributed by atoms with Crippen LogP contribution in [0.5, 0.6) is 5.75 Å². The van der Waals surface area contributed by atoms with Crippen molar-refractivity contribution in [3.63, 3.8) is 0 Å². The lowest BCUT2D eigenvalue weighted by Gasteiger charge is -2.30. The molecule has 0 aliphatic carbocycles. The van der Waals surface area contributed by atoms with Gasteiger partial charge >= 0.3 is 0 Å². The molecule has 0 radical (unpaired) electrons. The van der Waals surface area contributed by atoms with Gasteiger partial charge in [0.1, 0.15) is 11.3 Å². The highest BCUT2D eigenvalue weighted by Gasteiger charge is 2.71. The van der Waals surface area contributed by atoms with Crippen molar-refractivity contribution in [3.8, 4) is 5.75 Å². The van der Waals surface area contributed by atoms with Crippen molar-refractivity contribution in [2.75, 3.05) is 17.3 Å². The van der Waals surface area contributed by atoms with Crippen LogP contribution in [-0.2, 0) is 19.9 Å². The van der Waals surface area contributed by atoms with Gasteiger partial charge in [-0.25, -0.2) is 4.90 Å². The SMILES string of the molecule is COc1ccc(Cl)cc1N1C(=O)[C@@H]2[C@@H](C1=O)[C@]1(N[C@H]2C(C)C)C(=O)Nc2ccccc21.